The van der Waals surface area contributed by atoms with E-state index >= 15 is 0 Å². The van der Waals surface area contributed by atoms with Crippen molar-refractivity contribution in [2.75, 3.05) is 0 Å². The average molecular weight is 1710 g/mol. The number of aromatic nitrogens is 10. The largest absolute Gasteiger partial charge is 0.302 e. The van der Waals surface area contributed by atoms with Crippen molar-refractivity contribution in [3.63, 3.8) is 0 Å². The molecule has 0 saturated carbocycles. The lowest BCUT2D eigenvalue weighted by Gasteiger charge is -2.14. The van der Waals surface area contributed by atoms with Crippen molar-refractivity contribution in [3.8, 4) is 27.9 Å². The zero-order valence-corrected chi connectivity index (χ0v) is 71.4. The van der Waals surface area contributed by atoms with Crippen LogP contribution in [0, 0.1) is 0 Å². The van der Waals surface area contributed by atoms with Gasteiger partial charge in [-0.15, -0.1) is 0 Å². The van der Waals surface area contributed by atoms with Gasteiger partial charge in [-0.25, -0.2) is 9.97 Å². The minimum atomic E-state index is -0.110. The van der Waals surface area contributed by atoms with E-state index in [0.29, 0.717) is 16.6 Å². The van der Waals surface area contributed by atoms with Gasteiger partial charge >= 0.3 is 0 Å². The Kier molecular flexibility index (Phi) is 15.1. The molecule has 0 bridgehead atoms. The van der Waals surface area contributed by atoms with Crippen LogP contribution < -0.4 is 22.2 Å². The lowest BCUT2D eigenvalue weighted by atomic mass is 9.92. The van der Waals surface area contributed by atoms with Crippen molar-refractivity contribution in [3.05, 3.63) is 454 Å². The molecule has 32 rings (SSSR count). The van der Waals surface area contributed by atoms with Gasteiger partial charge in [0.25, 0.3) is 22.2 Å². The molecule has 0 aliphatic heterocycles. The molecule has 0 unspecified atom stereocenters. The molecule has 32 aromatic rings. The van der Waals surface area contributed by atoms with Gasteiger partial charge in [0.1, 0.15) is 27.8 Å². The van der Waals surface area contributed by atoms with Gasteiger partial charge in [-0.2, -0.15) is 0 Å². The molecule has 0 fully saturated rings. The van der Waals surface area contributed by atoms with Gasteiger partial charge in [-0.1, -0.05) is 297 Å². The Balaban J connectivity index is 0.0000000879. The second-order valence-electron chi connectivity index (χ2n) is 35.1. The summed E-state index contributed by atoms with van der Waals surface area (Å²) in [4.78, 5) is 65.3. The average Bonchev–Trinajstić information content (AvgIpc) is 1.52. The third-order valence-corrected chi connectivity index (χ3v) is 28.5. The highest BCUT2D eigenvalue weighted by Crippen LogP contribution is 2.47. The van der Waals surface area contributed by atoms with Gasteiger partial charge in [-0.3, -0.25) is 41.3 Å². The van der Waals surface area contributed by atoms with Crippen LogP contribution in [-0.4, -0.2) is 45.3 Å². The maximum atomic E-state index is 14.1. The molecule has 622 valence electrons. The molecule has 0 spiro atoms. The number of pyridine rings is 2. The second-order valence-corrected chi connectivity index (χ2v) is 35.1. The van der Waals surface area contributed by atoms with Crippen LogP contribution >= 0.6 is 0 Å². The highest BCUT2D eigenvalue weighted by atomic mass is 16.1. The van der Waals surface area contributed by atoms with E-state index in [2.05, 4.69) is 296 Å². The van der Waals surface area contributed by atoms with Gasteiger partial charge < -0.3 is 13.2 Å². The summed E-state index contributed by atoms with van der Waals surface area (Å²) < 4.78 is 16.0. The van der Waals surface area contributed by atoms with E-state index in [4.69, 9.17) is 0 Å². The smallest absolute Gasteiger partial charge is 0.280 e. The van der Waals surface area contributed by atoms with Crippen LogP contribution in [0.3, 0.4) is 0 Å². The Morgan fingerprint density at radius 2 is 0.552 bits per heavy atom. The van der Waals surface area contributed by atoms with E-state index in [9.17, 15) is 19.2 Å². The fraction of sp³-hybridized carbons (Fsp3) is 0. The molecule has 0 atom stereocenters. The molecule has 19 aromatic carbocycles. The normalized spacial score (nSPS) is 12.3. The molecule has 134 heavy (non-hydrogen) atoms. The zero-order valence-electron chi connectivity index (χ0n) is 71.4. The second kappa shape index (κ2) is 27.6. The molecule has 0 saturated heterocycles. The maximum Gasteiger partial charge on any atom is 0.280 e. The molecular formula is C120H68N10O4. The third kappa shape index (κ3) is 9.89. The van der Waals surface area contributed by atoms with Crippen LogP contribution in [0.2, 0.25) is 0 Å². The monoisotopic (exact) mass is 1710 g/mol. The van der Waals surface area contributed by atoms with Crippen LogP contribution in [0.4, 0.5) is 0 Å². The summed E-state index contributed by atoms with van der Waals surface area (Å²) in [6, 6.07) is 138. The maximum absolute atomic E-state index is 14.1. The van der Waals surface area contributed by atoms with Crippen molar-refractivity contribution in [1.82, 2.24) is 45.3 Å². The molecule has 0 radical (unpaired) electrons. The van der Waals surface area contributed by atoms with Gasteiger partial charge in [0.05, 0.1) is 77.3 Å². The van der Waals surface area contributed by atoms with Crippen molar-refractivity contribution in [1.29, 1.82) is 0 Å². The Morgan fingerprint density at radius 1 is 0.179 bits per heavy atom. The Morgan fingerprint density at radius 3 is 1.13 bits per heavy atom. The van der Waals surface area contributed by atoms with Crippen molar-refractivity contribution >= 4 is 234 Å². The summed E-state index contributed by atoms with van der Waals surface area (Å²) in [5, 5.41) is 28.5. The fourth-order valence-corrected chi connectivity index (χ4v) is 23.1. The van der Waals surface area contributed by atoms with Crippen LogP contribution in [0.15, 0.2) is 432 Å². The lowest BCUT2D eigenvalue weighted by Crippen LogP contribution is -2.21. The summed E-state index contributed by atoms with van der Waals surface area (Å²) in [6.45, 7) is 0. The van der Waals surface area contributed by atoms with Crippen molar-refractivity contribution in [2.45, 2.75) is 0 Å². The standard InChI is InChI=1S/C37H22N4O.C29H16N2O.C27H14N2O.C27H16N2O/c42-37-32-15-7-19-39-36(32)41-34(22-25-9-6-18-38-35(25)41)40(37)26-10-5-8-23(20-26)24-16-17-31-29-13-2-1-11-27(29)28-12-3-4-14-30(28)33(31)21-24;32-29-26-16-23-19-10-2-1-8-17(19)18-9-3-4-12-21(18)27(23)30(26)25-15-7-13-22-20-11-5-6-14-24(20)31(29)28(22)25;30-27-26-24-18-9-2-1-7-15(18)17-10-5-13-21(23(17)24)28(26)22-14-6-11-19-16-8-3-4-12-20(16)29(27)25(19)22;30-27-26-24(17-9-2-1-3-10-17)20-12-5-7-15-22(20)28(26)23-16-8-13-19-18-11-4-6-14-21(18)29(27)25(19)23/h1-22H;1-16H;1-14H;1-16H. The molecule has 13 heterocycles. The molecule has 0 aliphatic carbocycles. The van der Waals surface area contributed by atoms with Gasteiger partial charge in [0.15, 0.2) is 5.65 Å². The molecule has 0 N–H and O–H groups in total. The molecule has 14 heteroatoms. The first-order chi connectivity index (χ1) is 66.3. The van der Waals surface area contributed by atoms with Crippen molar-refractivity contribution < 1.29 is 0 Å². The third-order valence-electron chi connectivity index (χ3n) is 28.5. The number of nitrogens with zero attached hydrogens (tertiary/aromatic N) is 10. The predicted molar refractivity (Wildman–Crippen MR) is 553 cm³/mol. The quantitative estimate of drug-likeness (QED) is 0.162. The summed E-state index contributed by atoms with van der Waals surface area (Å²) in [6.07, 6.45) is 3.49. The van der Waals surface area contributed by atoms with Crippen molar-refractivity contribution in [2.24, 2.45) is 0 Å². The number of benzene rings is 18. The number of fused-ring (bicyclic) bond motifs is 40. The minimum absolute atomic E-state index is 0.0231. The van der Waals surface area contributed by atoms with Crippen LogP contribution in [-0.2, 0) is 0 Å². The van der Waals surface area contributed by atoms with Crippen LogP contribution in [0.25, 0.3) is 262 Å². The number of hydrogen-bond donors (Lipinski definition) is 0. The lowest BCUT2D eigenvalue weighted by molar-refractivity contribution is 0.994. The van der Waals surface area contributed by atoms with E-state index < -0.39 is 0 Å². The number of para-hydroxylation sites is 7. The van der Waals surface area contributed by atoms with E-state index in [1.807, 2.05) is 139 Å². The highest BCUT2D eigenvalue weighted by Gasteiger charge is 2.29. The molecule has 0 aliphatic rings. The summed E-state index contributed by atoms with van der Waals surface area (Å²) >= 11 is 0. The van der Waals surface area contributed by atoms with E-state index in [0.717, 1.165) is 176 Å². The van der Waals surface area contributed by atoms with Gasteiger partial charge in [0.2, 0.25) is 0 Å². The Hall–Kier alpha value is -18.4. The number of rotatable bonds is 3. The van der Waals surface area contributed by atoms with Gasteiger partial charge in [-0.05, 0) is 184 Å². The van der Waals surface area contributed by atoms with Gasteiger partial charge in [0, 0.05) is 82.6 Å². The molecule has 14 nitrogen and oxygen atoms in total. The predicted octanol–water partition coefficient (Wildman–Crippen LogP) is 27.4. The first-order valence-corrected chi connectivity index (χ1v) is 45.1. The first kappa shape index (κ1) is 73.6. The zero-order chi connectivity index (χ0) is 88.1. The summed E-state index contributed by atoms with van der Waals surface area (Å²) in [5.41, 5.74) is 21.6. The Labute approximate surface area is 756 Å². The van der Waals surface area contributed by atoms with E-state index in [1.165, 1.54) is 70.0 Å². The molecule has 13 aromatic heterocycles. The van der Waals surface area contributed by atoms with Crippen LogP contribution in [0.5, 0.6) is 0 Å². The Bertz CT molecular complexity index is 11000. The summed E-state index contributed by atoms with van der Waals surface area (Å²) in [5.74, 6) is 0. The SMILES string of the molecule is O=c1c2c(-c3ccccc3)c3ccccc3n2c2cccc3c4ccccc4n1c32.O=c1c2c3c4ccccc4c4cccc(c43)n2c2cccc3c4ccccc4n1c32.O=c1c2cc3c4ccccc4c4ccccc4c3n2c2cccc3c4ccccc4n1c32.O=c1c2cccnc2n2c3ncccc3cc2n1-c1cccc(-c2ccc3c4ccccc4c4ccccc4c3c2)c1. The fourth-order valence-electron chi connectivity index (χ4n) is 23.1. The molecule has 0 amide bonds. The highest BCUT2D eigenvalue weighted by molar-refractivity contribution is 6.36. The first-order valence-electron chi connectivity index (χ1n) is 45.1. The topological polar surface area (TPSA) is 130 Å². The molecular weight excluding hydrogens is 1650 g/mol. The minimum Gasteiger partial charge on any atom is -0.302 e. The van der Waals surface area contributed by atoms with E-state index in [1.54, 1.807) is 23.0 Å². The number of hydrogen-bond acceptors (Lipinski definition) is 6. The van der Waals surface area contributed by atoms with Crippen LogP contribution in [0.1, 0.15) is 0 Å². The summed E-state index contributed by atoms with van der Waals surface area (Å²) in [7, 11) is 0. The van der Waals surface area contributed by atoms with E-state index in [-0.39, 0.29) is 22.2 Å².